The molecule has 0 fully saturated rings. The summed E-state index contributed by atoms with van der Waals surface area (Å²) in [7, 11) is 0. The van der Waals surface area contributed by atoms with Crippen molar-refractivity contribution in [2.45, 2.75) is 6.92 Å². The first-order valence-corrected chi connectivity index (χ1v) is 9.41. The maximum Gasteiger partial charge on any atom is 0.262 e. The smallest absolute Gasteiger partial charge is 0.262 e. The van der Waals surface area contributed by atoms with E-state index < -0.39 is 11.7 Å². The van der Waals surface area contributed by atoms with E-state index in [1.54, 1.807) is 12.1 Å². The molecule has 0 atom stereocenters. The van der Waals surface area contributed by atoms with Gasteiger partial charge in [0.15, 0.2) is 11.7 Å². The minimum atomic E-state index is -0.705. The molecule has 0 saturated heterocycles. The summed E-state index contributed by atoms with van der Waals surface area (Å²) in [4.78, 5) is 29.2. The van der Waals surface area contributed by atoms with Crippen LogP contribution in [0.5, 0.6) is 5.75 Å². The van der Waals surface area contributed by atoms with Gasteiger partial charge in [-0.1, -0.05) is 17.7 Å². The highest BCUT2D eigenvalue weighted by atomic mass is 35.5. The van der Waals surface area contributed by atoms with Gasteiger partial charge in [-0.3, -0.25) is 14.9 Å². The summed E-state index contributed by atoms with van der Waals surface area (Å²) < 4.78 is 19.3. The van der Waals surface area contributed by atoms with E-state index in [4.69, 9.17) is 16.3 Å². The third-order valence-electron chi connectivity index (χ3n) is 4.09. The number of anilines is 2. The van der Waals surface area contributed by atoms with Crippen molar-refractivity contribution < 1.29 is 18.7 Å². The number of aryl methyl sites for hydroxylation is 1. The molecule has 0 bridgehead atoms. The Morgan fingerprint density at radius 3 is 2.96 bits per heavy atom. The number of thiazole rings is 1. The fourth-order valence-corrected chi connectivity index (χ4v) is 3.90. The van der Waals surface area contributed by atoms with Crippen LogP contribution in [0.15, 0.2) is 36.4 Å². The molecular formula is C19H13ClFN3O3S. The van der Waals surface area contributed by atoms with Gasteiger partial charge in [0.25, 0.3) is 11.8 Å². The number of carbonyl (C=O) groups excluding carboxylic acids is 2. The van der Waals surface area contributed by atoms with Crippen LogP contribution in [0.1, 0.15) is 15.2 Å². The molecule has 0 radical (unpaired) electrons. The highest BCUT2D eigenvalue weighted by Crippen LogP contribution is 2.36. The summed E-state index contributed by atoms with van der Waals surface area (Å²) in [5, 5.41) is 5.68. The molecule has 1 aliphatic rings. The molecule has 2 N–H and O–H groups in total. The van der Waals surface area contributed by atoms with Gasteiger partial charge in [0.2, 0.25) is 0 Å². The number of ether oxygens (including phenoxy) is 1. The van der Waals surface area contributed by atoms with E-state index in [-0.39, 0.29) is 23.1 Å². The van der Waals surface area contributed by atoms with Gasteiger partial charge >= 0.3 is 0 Å². The van der Waals surface area contributed by atoms with Crippen LogP contribution >= 0.6 is 22.9 Å². The largest absolute Gasteiger partial charge is 0.482 e. The van der Waals surface area contributed by atoms with Gasteiger partial charge in [0.05, 0.1) is 22.0 Å². The first-order chi connectivity index (χ1) is 13.4. The number of amides is 2. The molecule has 142 valence electrons. The summed E-state index contributed by atoms with van der Waals surface area (Å²) >= 11 is 7.19. The van der Waals surface area contributed by atoms with Crippen molar-refractivity contribution in [1.82, 2.24) is 4.98 Å². The molecule has 4 rings (SSSR count). The molecule has 2 amide bonds. The molecule has 3 aromatic rings. The normalized spacial score (nSPS) is 12.8. The fraction of sp³-hybridized carbons (Fsp3) is 0.105. The molecule has 0 spiro atoms. The van der Waals surface area contributed by atoms with Crippen LogP contribution in [0.4, 0.5) is 15.2 Å². The Labute approximate surface area is 168 Å². The number of nitrogens with one attached hydrogen (secondary N) is 2. The maximum absolute atomic E-state index is 13.9. The van der Waals surface area contributed by atoms with Gasteiger partial charge < -0.3 is 10.1 Å². The summed E-state index contributed by atoms with van der Waals surface area (Å²) in [6.45, 7) is 1.84. The summed E-state index contributed by atoms with van der Waals surface area (Å²) in [5.74, 6) is -1.02. The average molecular weight is 418 g/mol. The highest BCUT2D eigenvalue weighted by Gasteiger charge is 2.20. The van der Waals surface area contributed by atoms with E-state index in [2.05, 4.69) is 15.6 Å². The first kappa shape index (κ1) is 18.4. The number of fused-ring (bicyclic) bond motifs is 1. The van der Waals surface area contributed by atoms with E-state index in [0.717, 1.165) is 10.4 Å². The van der Waals surface area contributed by atoms with Crippen LogP contribution in [-0.4, -0.2) is 23.4 Å². The lowest BCUT2D eigenvalue weighted by molar-refractivity contribution is -0.118. The first-order valence-electron chi connectivity index (χ1n) is 8.22. The molecule has 28 heavy (non-hydrogen) atoms. The van der Waals surface area contributed by atoms with Gasteiger partial charge in [-0.15, -0.1) is 11.3 Å². The van der Waals surface area contributed by atoms with Crippen LogP contribution in [0.25, 0.3) is 11.3 Å². The third kappa shape index (κ3) is 3.44. The number of nitrogens with zero attached hydrogens (tertiary/aromatic N) is 1. The lowest BCUT2D eigenvalue weighted by Crippen LogP contribution is -2.25. The predicted molar refractivity (Wildman–Crippen MR) is 106 cm³/mol. The fourth-order valence-electron chi connectivity index (χ4n) is 2.82. The lowest BCUT2D eigenvalue weighted by atomic mass is 10.1. The quantitative estimate of drug-likeness (QED) is 0.657. The van der Waals surface area contributed by atoms with Gasteiger partial charge in [0, 0.05) is 10.4 Å². The van der Waals surface area contributed by atoms with E-state index >= 15 is 0 Å². The number of carbonyl (C=O) groups is 2. The van der Waals surface area contributed by atoms with Crippen molar-refractivity contribution in [3.63, 3.8) is 0 Å². The third-order valence-corrected chi connectivity index (χ3v) is 5.29. The van der Waals surface area contributed by atoms with Gasteiger partial charge in [0.1, 0.15) is 11.6 Å². The zero-order valence-corrected chi connectivity index (χ0v) is 16.1. The molecule has 9 heteroatoms. The maximum atomic E-state index is 13.9. The monoisotopic (exact) mass is 417 g/mol. The van der Waals surface area contributed by atoms with E-state index in [1.807, 2.05) is 13.0 Å². The number of halogens is 2. The SMILES string of the molecule is Cc1sc(NC(=O)c2c(F)cccc2Cl)nc1-c1ccc2c(c1)NC(=O)CO2. The van der Waals surface area contributed by atoms with Crippen molar-refractivity contribution >= 4 is 45.6 Å². The molecule has 1 aromatic heterocycles. The summed E-state index contributed by atoms with van der Waals surface area (Å²) in [6, 6.07) is 9.37. The second-order valence-electron chi connectivity index (χ2n) is 6.02. The molecule has 0 aliphatic carbocycles. The molecule has 2 heterocycles. The van der Waals surface area contributed by atoms with Crippen LogP contribution in [0, 0.1) is 12.7 Å². The average Bonchev–Trinajstić information content (AvgIpc) is 3.01. The molecular weight excluding hydrogens is 405 g/mol. The summed E-state index contributed by atoms with van der Waals surface area (Å²) in [5.41, 5.74) is 1.72. The van der Waals surface area contributed by atoms with Gasteiger partial charge in [-0.25, -0.2) is 9.37 Å². The van der Waals surface area contributed by atoms with Crippen LogP contribution in [0.2, 0.25) is 5.02 Å². The minimum Gasteiger partial charge on any atom is -0.482 e. The highest BCUT2D eigenvalue weighted by molar-refractivity contribution is 7.16. The molecule has 2 aromatic carbocycles. The van der Waals surface area contributed by atoms with Crippen molar-refractivity contribution in [2.75, 3.05) is 17.2 Å². The second-order valence-corrected chi connectivity index (χ2v) is 7.63. The Morgan fingerprint density at radius 2 is 2.18 bits per heavy atom. The number of aromatic nitrogens is 1. The Balaban J connectivity index is 1.62. The number of hydrogen-bond donors (Lipinski definition) is 2. The standard InChI is InChI=1S/C19H13ClFN3O3S/c1-9-17(10-5-6-14-13(7-10)22-15(25)8-27-14)23-19(28-9)24-18(26)16-11(20)3-2-4-12(16)21/h2-7H,8H2,1H3,(H,22,25)(H,23,24,26). The van der Waals surface area contributed by atoms with E-state index in [9.17, 15) is 14.0 Å². The van der Waals surface area contributed by atoms with Crippen molar-refractivity contribution in [1.29, 1.82) is 0 Å². The van der Waals surface area contributed by atoms with E-state index in [1.165, 1.54) is 29.5 Å². The predicted octanol–water partition coefficient (Wildman–Crippen LogP) is 4.49. The van der Waals surface area contributed by atoms with Crippen LogP contribution < -0.4 is 15.4 Å². The molecule has 0 saturated carbocycles. The zero-order valence-electron chi connectivity index (χ0n) is 14.5. The van der Waals surface area contributed by atoms with Crippen LogP contribution in [-0.2, 0) is 4.79 Å². The molecule has 6 nitrogen and oxygen atoms in total. The minimum absolute atomic E-state index is 0.0170. The van der Waals surface area contributed by atoms with E-state index in [0.29, 0.717) is 22.3 Å². The Morgan fingerprint density at radius 1 is 1.36 bits per heavy atom. The van der Waals surface area contributed by atoms with Gasteiger partial charge in [-0.2, -0.15) is 0 Å². The molecule has 1 aliphatic heterocycles. The van der Waals surface area contributed by atoms with Gasteiger partial charge in [-0.05, 0) is 37.3 Å². The zero-order chi connectivity index (χ0) is 19.8. The van der Waals surface area contributed by atoms with Crippen molar-refractivity contribution in [3.8, 4) is 17.0 Å². The van der Waals surface area contributed by atoms with Crippen molar-refractivity contribution in [2.24, 2.45) is 0 Å². The summed E-state index contributed by atoms with van der Waals surface area (Å²) in [6.07, 6.45) is 0. The number of rotatable bonds is 3. The Hall–Kier alpha value is -2.97. The topological polar surface area (TPSA) is 80.3 Å². The van der Waals surface area contributed by atoms with Crippen LogP contribution in [0.3, 0.4) is 0 Å². The lowest BCUT2D eigenvalue weighted by Gasteiger charge is -2.18. The Bertz CT molecular complexity index is 1100. The number of benzene rings is 2. The molecule has 0 unspecified atom stereocenters. The number of hydrogen-bond acceptors (Lipinski definition) is 5. The second kappa shape index (κ2) is 7.21. The van der Waals surface area contributed by atoms with Crippen molar-refractivity contribution in [3.05, 3.63) is 57.7 Å². The Kier molecular flexibility index (Phi) is 4.74.